The lowest BCUT2D eigenvalue weighted by molar-refractivity contribution is 0.472. The fraction of sp³-hybridized carbons (Fsp3) is 0. The summed E-state index contributed by atoms with van der Waals surface area (Å²) in [6.07, 6.45) is 0. The van der Waals surface area contributed by atoms with Crippen molar-refractivity contribution in [1.82, 2.24) is 0 Å². The number of azo groups is 2. The van der Waals surface area contributed by atoms with Gasteiger partial charge in [-0.05, 0) is 66.0 Å². The average molecular weight is 708 g/mol. The van der Waals surface area contributed by atoms with E-state index in [-0.39, 0.29) is 21.2 Å². The second-order valence-corrected chi connectivity index (χ2v) is 15.6. The quantitative estimate of drug-likeness (QED) is 0.0930. The molecule has 0 aliphatic carbocycles. The van der Waals surface area contributed by atoms with Gasteiger partial charge in [-0.2, -0.15) is 27.1 Å². The fourth-order valence-electron chi connectivity index (χ4n) is 3.92. The lowest BCUT2D eigenvalue weighted by Crippen LogP contribution is -2.03. The maximum atomic E-state index is 12.3. The van der Waals surface area contributed by atoms with Gasteiger partial charge in [-0.3, -0.25) is 9.11 Å². The predicted octanol–water partition coefficient (Wildman–Crippen LogP) is 5.29. The van der Waals surface area contributed by atoms with E-state index in [0.29, 0.717) is 12.1 Å². The van der Waals surface area contributed by atoms with Crippen molar-refractivity contribution in [3.8, 4) is 5.75 Å². The number of nitrogens with zero attached hydrogens (tertiary/aromatic N) is 4. The first-order valence-electron chi connectivity index (χ1n) is 12.2. The molecule has 4 rings (SSSR count). The minimum Gasteiger partial charge on any atom is -0.505 e. The van der Waals surface area contributed by atoms with Crippen LogP contribution in [-0.2, 0) is 39.9 Å². The number of nitrogen functional groups attached to an aromatic ring is 1. The van der Waals surface area contributed by atoms with Crippen LogP contribution in [0.4, 0.5) is 28.4 Å². The third kappa shape index (κ3) is 6.85. The van der Waals surface area contributed by atoms with Crippen LogP contribution in [0.3, 0.4) is 0 Å². The molecule has 5 N–H and O–H groups in total. The van der Waals surface area contributed by atoms with Crippen molar-refractivity contribution < 1.29 is 47.9 Å². The van der Waals surface area contributed by atoms with E-state index >= 15 is 0 Å². The molecule has 4 aromatic carbocycles. The molecule has 46 heavy (non-hydrogen) atoms. The first-order valence-corrected chi connectivity index (χ1v) is 18.1. The van der Waals surface area contributed by atoms with E-state index in [1.54, 1.807) is 0 Å². The molecule has 0 unspecified atom stereocenters. The minimum atomic E-state index is -5.16. The van der Waals surface area contributed by atoms with Crippen molar-refractivity contribution in [1.29, 1.82) is 0 Å². The molecule has 4 aromatic rings. The van der Waals surface area contributed by atoms with Gasteiger partial charge in [0.1, 0.15) is 21.2 Å². The van der Waals surface area contributed by atoms with Gasteiger partial charge in [-0.25, -0.2) is 16.8 Å². The van der Waals surface area contributed by atoms with Gasteiger partial charge in [-0.1, -0.05) is 13.2 Å². The van der Waals surface area contributed by atoms with Crippen LogP contribution in [0.5, 0.6) is 5.75 Å². The number of hydrogen-bond acceptors (Lipinski definition) is 14. The van der Waals surface area contributed by atoms with Crippen molar-refractivity contribution >= 4 is 79.1 Å². The zero-order chi connectivity index (χ0) is 34.2. The van der Waals surface area contributed by atoms with Crippen LogP contribution in [0, 0.1) is 0 Å². The number of nitrogens with two attached hydrogens (primary N) is 1. The van der Waals surface area contributed by atoms with Gasteiger partial charge in [0.25, 0.3) is 20.2 Å². The van der Waals surface area contributed by atoms with E-state index in [1.165, 1.54) is 36.4 Å². The Morgan fingerprint density at radius 2 is 0.978 bits per heavy atom. The predicted molar refractivity (Wildman–Crippen MR) is 166 cm³/mol. The Labute approximate surface area is 262 Å². The van der Waals surface area contributed by atoms with Crippen molar-refractivity contribution in [2.45, 2.75) is 19.6 Å². The maximum absolute atomic E-state index is 12.3. The number of rotatable bonds is 10. The molecule has 0 atom stereocenters. The first-order chi connectivity index (χ1) is 21.3. The molecule has 0 aromatic heterocycles. The second-order valence-electron chi connectivity index (χ2n) is 9.07. The highest BCUT2D eigenvalue weighted by Gasteiger charge is 2.28. The summed E-state index contributed by atoms with van der Waals surface area (Å²) < 4.78 is 117. The minimum absolute atomic E-state index is 0.0103. The molecule has 0 aliphatic rings. The standard InChI is InChI=1S/C26H21N5O11S4/c1-3-43(33,34)18-9-5-16(6-10-18)28-30-24-20(45(37,38)39)13-15-14-21(46(40,41)42)25(26(32)22(15)23(24)27)31-29-17-7-11-19(12-8-17)44(35,36)4-2/h3-14,32H,1-2,27H2,(H,37,38,39)(H,40,41,42)/b30-28+,31-29+. The Bertz CT molecular complexity index is 2260. The topological polar surface area (TPSA) is 273 Å². The Balaban J connectivity index is 1.93. The summed E-state index contributed by atoms with van der Waals surface area (Å²) in [4.78, 5) is -2.24. The molecule has 0 bridgehead atoms. The van der Waals surface area contributed by atoms with Crippen LogP contribution in [0.15, 0.2) is 125 Å². The largest absolute Gasteiger partial charge is 0.505 e. The summed E-state index contributed by atoms with van der Waals surface area (Å²) in [5.41, 5.74) is 3.98. The number of sulfone groups is 2. The van der Waals surface area contributed by atoms with Crippen LogP contribution in [-0.4, -0.2) is 47.9 Å². The maximum Gasteiger partial charge on any atom is 0.296 e. The fourth-order valence-corrected chi connectivity index (χ4v) is 6.66. The summed E-state index contributed by atoms with van der Waals surface area (Å²) in [6.45, 7) is 6.44. The highest BCUT2D eigenvalue weighted by atomic mass is 32.2. The average Bonchev–Trinajstić information content (AvgIpc) is 2.99. The van der Waals surface area contributed by atoms with Gasteiger partial charge in [0.15, 0.2) is 25.4 Å². The lowest BCUT2D eigenvalue weighted by Gasteiger charge is -2.14. The molecule has 0 spiro atoms. The zero-order valence-corrected chi connectivity index (χ0v) is 26.2. The summed E-state index contributed by atoms with van der Waals surface area (Å²) in [7, 11) is -17.8. The Morgan fingerprint density at radius 1 is 0.609 bits per heavy atom. The van der Waals surface area contributed by atoms with E-state index in [2.05, 4.69) is 33.6 Å². The Morgan fingerprint density at radius 3 is 1.35 bits per heavy atom. The summed E-state index contributed by atoms with van der Waals surface area (Å²) in [5, 5.41) is 26.9. The molecule has 20 heteroatoms. The monoisotopic (exact) mass is 707 g/mol. The van der Waals surface area contributed by atoms with E-state index in [9.17, 15) is 47.9 Å². The zero-order valence-electron chi connectivity index (χ0n) is 22.9. The van der Waals surface area contributed by atoms with Crippen LogP contribution in [0.2, 0.25) is 0 Å². The van der Waals surface area contributed by atoms with E-state index in [4.69, 9.17) is 5.73 Å². The summed E-state index contributed by atoms with van der Waals surface area (Å²) in [6, 6.07) is 10.9. The van der Waals surface area contributed by atoms with E-state index in [0.717, 1.165) is 22.9 Å². The second kappa shape index (κ2) is 12.2. The normalized spacial score (nSPS) is 13.0. The number of anilines is 1. The first kappa shape index (κ1) is 34.0. The molecule has 0 saturated heterocycles. The van der Waals surface area contributed by atoms with E-state index in [1.807, 2.05) is 0 Å². The van der Waals surface area contributed by atoms with Crippen LogP contribution < -0.4 is 5.73 Å². The van der Waals surface area contributed by atoms with Crippen molar-refractivity contribution in [2.75, 3.05) is 5.73 Å². The summed E-state index contributed by atoms with van der Waals surface area (Å²) >= 11 is 0. The lowest BCUT2D eigenvalue weighted by atomic mass is 10.1. The van der Waals surface area contributed by atoms with Crippen molar-refractivity contribution in [2.24, 2.45) is 20.5 Å². The number of benzene rings is 4. The molecule has 240 valence electrons. The summed E-state index contributed by atoms with van der Waals surface area (Å²) in [5.74, 6) is -1.01. The van der Waals surface area contributed by atoms with Gasteiger partial charge in [0, 0.05) is 10.8 Å². The molecule has 0 amide bonds. The van der Waals surface area contributed by atoms with Gasteiger partial charge in [-0.15, -0.1) is 10.2 Å². The van der Waals surface area contributed by atoms with E-state index < -0.39 is 83.3 Å². The van der Waals surface area contributed by atoms with Crippen LogP contribution in [0.25, 0.3) is 10.8 Å². The van der Waals surface area contributed by atoms with Gasteiger partial charge in [0.2, 0.25) is 0 Å². The van der Waals surface area contributed by atoms with Gasteiger partial charge >= 0.3 is 0 Å². The van der Waals surface area contributed by atoms with Gasteiger partial charge in [0.05, 0.1) is 32.2 Å². The third-order valence-corrected chi connectivity index (χ3v) is 10.6. The molecule has 0 radical (unpaired) electrons. The smallest absolute Gasteiger partial charge is 0.296 e. The number of fused-ring (bicyclic) bond motifs is 1. The molecule has 0 fully saturated rings. The van der Waals surface area contributed by atoms with Gasteiger partial charge < -0.3 is 10.8 Å². The molecule has 0 aliphatic heterocycles. The van der Waals surface area contributed by atoms with Crippen LogP contribution in [0.1, 0.15) is 0 Å². The highest BCUT2D eigenvalue weighted by Crippen LogP contribution is 2.48. The SMILES string of the molecule is C=CS(=O)(=O)c1ccc(/N=N/c2c(S(=O)(=O)O)cc3cc(S(=O)(=O)O)c(/N=N/c4ccc(S(=O)(=O)C=C)cc4)c(O)c3c2N)cc1. The number of aromatic hydroxyl groups is 1. The number of hydrogen-bond donors (Lipinski definition) is 4. The number of phenolic OH excluding ortho intramolecular Hbond substituents is 1. The molecule has 0 heterocycles. The van der Waals surface area contributed by atoms with Crippen LogP contribution >= 0.6 is 0 Å². The molecule has 16 nitrogen and oxygen atoms in total. The Hall–Kier alpha value is -4.86. The third-order valence-electron chi connectivity index (χ3n) is 6.17. The molecular formula is C26H21N5O11S4. The number of phenols is 1. The molecule has 0 saturated carbocycles. The highest BCUT2D eigenvalue weighted by molar-refractivity contribution is 7.94. The van der Waals surface area contributed by atoms with Crippen molar-refractivity contribution in [3.63, 3.8) is 0 Å². The Kier molecular flexibility index (Phi) is 8.99. The molecular weight excluding hydrogens is 687 g/mol. The van der Waals surface area contributed by atoms with Crippen molar-refractivity contribution in [3.05, 3.63) is 84.6 Å².